The smallest absolute Gasteiger partial charge is 0.0737 e. The first kappa shape index (κ1) is 25.6. The molecule has 210 valence electrons. The third kappa shape index (κ3) is 4.55. The lowest BCUT2D eigenvalue weighted by Crippen LogP contribution is -1.90. The van der Waals surface area contributed by atoms with Gasteiger partial charge in [-0.15, -0.1) is 0 Å². The zero-order chi connectivity index (χ0) is 29.6. The Kier molecular flexibility index (Phi) is 5.98. The lowest BCUT2D eigenvalue weighted by molar-refractivity contribution is 1.31. The molecule has 6 heteroatoms. The summed E-state index contributed by atoms with van der Waals surface area (Å²) in [6.07, 6.45) is 8.27. The standard InChI is InChI=1S/C38H28N6/c39-26-10-4-8-24(20-26)37-31-15-13-29(42-31)22-28-12-14-30(41-28)36(23-6-2-1-3-7-23)32-16-17-34(43-32)38(35-19-18-33(37)44-35)25-9-5-11-27(40)21-25/h1-22,42-43H,39-40H2. The van der Waals surface area contributed by atoms with Crippen LogP contribution >= 0.6 is 0 Å². The molecule has 6 N–H and O–H groups in total. The minimum atomic E-state index is 0.688. The molecule has 6 nitrogen and oxygen atoms in total. The third-order valence-corrected chi connectivity index (χ3v) is 7.99. The van der Waals surface area contributed by atoms with Crippen molar-refractivity contribution < 1.29 is 0 Å². The second-order valence-corrected chi connectivity index (χ2v) is 11.0. The summed E-state index contributed by atoms with van der Waals surface area (Å²) >= 11 is 0. The first-order valence-electron chi connectivity index (χ1n) is 14.5. The fourth-order valence-corrected chi connectivity index (χ4v) is 6.04. The maximum atomic E-state index is 6.29. The molecule has 3 aromatic carbocycles. The highest BCUT2D eigenvalue weighted by molar-refractivity contribution is 5.97. The average Bonchev–Trinajstić information content (AvgIpc) is 3.85. The van der Waals surface area contributed by atoms with Crippen molar-refractivity contribution in [1.29, 1.82) is 0 Å². The Balaban J connectivity index is 1.55. The largest absolute Gasteiger partial charge is 0.399 e. The quantitative estimate of drug-likeness (QED) is 0.160. The first-order chi connectivity index (χ1) is 21.6. The molecule has 2 aliphatic rings. The third-order valence-electron chi connectivity index (χ3n) is 7.99. The van der Waals surface area contributed by atoms with Gasteiger partial charge < -0.3 is 21.4 Å². The van der Waals surface area contributed by atoms with E-state index < -0.39 is 0 Å². The molecule has 2 aliphatic heterocycles. The molecule has 0 saturated heterocycles. The Hall–Kier alpha value is -6.14. The van der Waals surface area contributed by atoms with Gasteiger partial charge in [0.15, 0.2) is 0 Å². The Labute approximate surface area is 254 Å². The molecule has 0 saturated carbocycles. The number of nitrogens with two attached hydrogens (primary N) is 2. The summed E-state index contributed by atoms with van der Waals surface area (Å²) < 4.78 is 0. The van der Waals surface area contributed by atoms with Crippen molar-refractivity contribution in [2.75, 3.05) is 11.5 Å². The number of aromatic amines is 2. The molecular formula is C38H28N6. The van der Waals surface area contributed by atoms with E-state index in [2.05, 4.69) is 101 Å². The van der Waals surface area contributed by atoms with Gasteiger partial charge in [-0.1, -0.05) is 54.6 Å². The van der Waals surface area contributed by atoms with Crippen molar-refractivity contribution in [3.8, 4) is 33.4 Å². The Morgan fingerprint density at radius 3 is 1.59 bits per heavy atom. The second kappa shape index (κ2) is 10.3. The molecule has 0 spiro atoms. The van der Waals surface area contributed by atoms with Crippen LogP contribution in [0.25, 0.3) is 79.8 Å². The number of rotatable bonds is 3. The number of anilines is 2. The number of hydrogen-bond acceptors (Lipinski definition) is 4. The molecule has 0 aliphatic carbocycles. The van der Waals surface area contributed by atoms with Gasteiger partial charge in [-0.25, -0.2) is 9.97 Å². The minimum absolute atomic E-state index is 0.688. The molecular weight excluding hydrogens is 540 g/mol. The molecule has 44 heavy (non-hydrogen) atoms. The SMILES string of the molecule is Nc1cccc(-c2c3nc(c(-c4cccc(N)c4)c4ccc([nH]4)c(-c4ccccc4)c4nc(cc5ccc2[nH]5)C=C4)C=C3)c1. The van der Waals surface area contributed by atoms with E-state index in [1.54, 1.807) is 0 Å². The van der Waals surface area contributed by atoms with Gasteiger partial charge in [0.1, 0.15) is 0 Å². The van der Waals surface area contributed by atoms with Gasteiger partial charge in [0.25, 0.3) is 0 Å². The maximum absolute atomic E-state index is 6.29. The van der Waals surface area contributed by atoms with Crippen molar-refractivity contribution in [3.63, 3.8) is 0 Å². The second-order valence-electron chi connectivity index (χ2n) is 11.0. The van der Waals surface area contributed by atoms with Crippen molar-refractivity contribution in [1.82, 2.24) is 19.9 Å². The van der Waals surface area contributed by atoms with E-state index in [4.69, 9.17) is 21.4 Å². The monoisotopic (exact) mass is 568 g/mol. The fourth-order valence-electron chi connectivity index (χ4n) is 6.04. The summed E-state index contributed by atoms with van der Waals surface area (Å²) in [5, 5.41) is 0. The van der Waals surface area contributed by atoms with Crippen LogP contribution in [-0.2, 0) is 0 Å². The van der Waals surface area contributed by atoms with Gasteiger partial charge in [-0.3, -0.25) is 0 Å². The lowest BCUT2D eigenvalue weighted by atomic mass is 10.0. The van der Waals surface area contributed by atoms with Gasteiger partial charge in [0.2, 0.25) is 0 Å². The molecule has 6 aromatic rings. The zero-order valence-corrected chi connectivity index (χ0v) is 23.8. The van der Waals surface area contributed by atoms with Crippen LogP contribution in [0.1, 0.15) is 22.8 Å². The summed E-state index contributed by atoms with van der Waals surface area (Å²) in [6, 6.07) is 36.7. The number of benzene rings is 3. The molecule has 0 atom stereocenters. The molecule has 0 fully saturated rings. The van der Waals surface area contributed by atoms with E-state index in [0.29, 0.717) is 11.4 Å². The number of hydrogen-bond donors (Lipinski definition) is 4. The number of fused-ring (bicyclic) bond motifs is 8. The van der Waals surface area contributed by atoms with Crippen LogP contribution < -0.4 is 11.5 Å². The number of aromatic nitrogens is 4. The van der Waals surface area contributed by atoms with Crippen LogP contribution in [0.15, 0.2) is 109 Å². The number of nitrogens with zero attached hydrogens (tertiary/aromatic N) is 2. The molecule has 5 heterocycles. The molecule has 8 bridgehead atoms. The Morgan fingerprint density at radius 2 is 0.955 bits per heavy atom. The van der Waals surface area contributed by atoms with E-state index in [1.807, 2.05) is 42.5 Å². The van der Waals surface area contributed by atoms with Crippen LogP contribution in [0.4, 0.5) is 11.4 Å². The highest BCUT2D eigenvalue weighted by Crippen LogP contribution is 2.36. The van der Waals surface area contributed by atoms with E-state index in [-0.39, 0.29) is 0 Å². The van der Waals surface area contributed by atoms with E-state index in [0.717, 1.165) is 78.2 Å². The number of H-pyrrole nitrogens is 2. The van der Waals surface area contributed by atoms with E-state index in [9.17, 15) is 0 Å². The highest BCUT2D eigenvalue weighted by atomic mass is 14.8. The molecule has 0 unspecified atom stereocenters. The maximum Gasteiger partial charge on any atom is 0.0737 e. The fraction of sp³-hybridized carbons (Fsp3) is 0. The van der Waals surface area contributed by atoms with E-state index >= 15 is 0 Å². The summed E-state index contributed by atoms with van der Waals surface area (Å²) in [6.45, 7) is 0. The highest BCUT2D eigenvalue weighted by Gasteiger charge is 2.17. The van der Waals surface area contributed by atoms with Crippen LogP contribution in [0.5, 0.6) is 0 Å². The Morgan fingerprint density at radius 1 is 0.432 bits per heavy atom. The van der Waals surface area contributed by atoms with E-state index in [1.165, 1.54) is 0 Å². The predicted octanol–water partition coefficient (Wildman–Crippen LogP) is 8.82. The van der Waals surface area contributed by atoms with Crippen molar-refractivity contribution in [2.24, 2.45) is 0 Å². The van der Waals surface area contributed by atoms with Crippen LogP contribution in [0.2, 0.25) is 0 Å². The predicted molar refractivity (Wildman–Crippen MR) is 184 cm³/mol. The van der Waals surface area contributed by atoms with Crippen molar-refractivity contribution >= 4 is 57.7 Å². The molecule has 0 radical (unpaired) electrons. The summed E-state index contributed by atoms with van der Waals surface area (Å²) in [4.78, 5) is 17.6. The summed E-state index contributed by atoms with van der Waals surface area (Å²) in [5.41, 5.74) is 27.1. The van der Waals surface area contributed by atoms with Gasteiger partial charge >= 0.3 is 0 Å². The summed E-state index contributed by atoms with van der Waals surface area (Å²) in [7, 11) is 0. The first-order valence-corrected chi connectivity index (χ1v) is 14.5. The topological polar surface area (TPSA) is 109 Å². The number of nitrogens with one attached hydrogen (secondary N) is 2. The zero-order valence-electron chi connectivity index (χ0n) is 23.8. The minimum Gasteiger partial charge on any atom is -0.399 e. The summed E-state index contributed by atoms with van der Waals surface area (Å²) in [5.74, 6) is 0. The molecule has 0 amide bonds. The molecule has 8 rings (SSSR count). The van der Waals surface area contributed by atoms with Crippen LogP contribution in [0, 0.1) is 0 Å². The number of nitrogen functional groups attached to an aromatic ring is 2. The van der Waals surface area contributed by atoms with Gasteiger partial charge in [-0.2, -0.15) is 0 Å². The van der Waals surface area contributed by atoms with Gasteiger partial charge in [-0.05, 0) is 95.6 Å². The Bertz CT molecular complexity index is 2300. The van der Waals surface area contributed by atoms with Crippen LogP contribution in [-0.4, -0.2) is 19.9 Å². The average molecular weight is 569 g/mol. The van der Waals surface area contributed by atoms with Gasteiger partial charge in [0, 0.05) is 50.1 Å². The van der Waals surface area contributed by atoms with Gasteiger partial charge in [0.05, 0.1) is 22.8 Å². The van der Waals surface area contributed by atoms with Crippen molar-refractivity contribution in [3.05, 3.63) is 132 Å². The normalized spacial score (nSPS) is 12.1. The molecule has 3 aromatic heterocycles. The van der Waals surface area contributed by atoms with Crippen molar-refractivity contribution in [2.45, 2.75) is 0 Å². The van der Waals surface area contributed by atoms with Crippen LogP contribution in [0.3, 0.4) is 0 Å². The lowest BCUT2D eigenvalue weighted by Gasteiger charge is -2.07.